The molecular formula is C13H17N5S. The van der Waals surface area contributed by atoms with Gasteiger partial charge in [0.15, 0.2) is 5.16 Å². The Morgan fingerprint density at radius 2 is 1.68 bits per heavy atom. The van der Waals surface area contributed by atoms with Crippen LogP contribution in [-0.2, 0) is 0 Å². The summed E-state index contributed by atoms with van der Waals surface area (Å²) >= 11 is 1.47. The molecule has 6 heteroatoms. The van der Waals surface area contributed by atoms with Crippen molar-refractivity contribution in [2.24, 2.45) is 5.73 Å². The van der Waals surface area contributed by atoms with Crippen LogP contribution < -0.4 is 17.2 Å². The molecule has 100 valence electrons. The highest BCUT2D eigenvalue weighted by atomic mass is 32.2. The minimum Gasteiger partial charge on any atom is -0.383 e. The lowest BCUT2D eigenvalue weighted by Crippen LogP contribution is -2.10. The second-order valence-electron chi connectivity index (χ2n) is 4.25. The van der Waals surface area contributed by atoms with Crippen molar-refractivity contribution in [1.82, 2.24) is 9.97 Å². The van der Waals surface area contributed by atoms with E-state index in [2.05, 4.69) is 41.2 Å². The van der Waals surface area contributed by atoms with Gasteiger partial charge >= 0.3 is 0 Å². The molecule has 0 fully saturated rings. The number of hydrogen-bond donors (Lipinski definition) is 3. The third kappa shape index (κ3) is 3.59. The Hall–Kier alpha value is -1.79. The van der Waals surface area contributed by atoms with Gasteiger partial charge in [-0.2, -0.15) is 0 Å². The normalized spacial score (nSPS) is 12.3. The van der Waals surface area contributed by atoms with Crippen LogP contribution in [0.2, 0.25) is 0 Å². The Balaban J connectivity index is 2.21. The summed E-state index contributed by atoms with van der Waals surface area (Å²) in [7, 11) is 0. The number of thioether (sulfide) groups is 1. The van der Waals surface area contributed by atoms with Crippen molar-refractivity contribution >= 4 is 23.4 Å². The van der Waals surface area contributed by atoms with Crippen molar-refractivity contribution in [2.45, 2.75) is 17.3 Å². The van der Waals surface area contributed by atoms with Crippen LogP contribution in [0.25, 0.3) is 0 Å². The molecule has 2 aromatic rings. The first-order valence-electron chi connectivity index (χ1n) is 5.92. The highest BCUT2D eigenvalue weighted by Gasteiger charge is 2.14. The molecule has 5 nitrogen and oxygen atoms in total. The molecule has 1 aromatic carbocycles. The monoisotopic (exact) mass is 275 g/mol. The van der Waals surface area contributed by atoms with Gasteiger partial charge in [0.05, 0.1) is 0 Å². The van der Waals surface area contributed by atoms with Gasteiger partial charge in [0.2, 0.25) is 0 Å². The molecule has 0 aliphatic heterocycles. The Labute approximate surface area is 116 Å². The quantitative estimate of drug-likeness (QED) is 0.580. The molecule has 0 spiro atoms. The summed E-state index contributed by atoms with van der Waals surface area (Å²) in [6, 6.07) is 9.79. The second-order valence-corrected chi connectivity index (χ2v) is 5.42. The number of rotatable bonds is 4. The molecule has 0 amide bonds. The zero-order chi connectivity index (χ0) is 13.8. The number of aryl methyl sites for hydroxylation is 1. The number of benzene rings is 1. The summed E-state index contributed by atoms with van der Waals surface area (Å²) < 4.78 is 0. The summed E-state index contributed by atoms with van der Waals surface area (Å²) in [5, 5.41) is 0.635. The van der Waals surface area contributed by atoms with Crippen LogP contribution >= 0.6 is 11.8 Å². The maximum Gasteiger partial charge on any atom is 0.192 e. The smallest absolute Gasteiger partial charge is 0.192 e. The first-order valence-corrected chi connectivity index (χ1v) is 6.80. The van der Waals surface area contributed by atoms with Crippen molar-refractivity contribution in [3.63, 3.8) is 0 Å². The van der Waals surface area contributed by atoms with E-state index in [4.69, 9.17) is 17.2 Å². The van der Waals surface area contributed by atoms with Crippen LogP contribution in [0.5, 0.6) is 0 Å². The minimum absolute atomic E-state index is 0.0850. The van der Waals surface area contributed by atoms with Crippen LogP contribution in [0, 0.1) is 6.92 Å². The van der Waals surface area contributed by atoms with Crippen molar-refractivity contribution < 1.29 is 0 Å². The summed E-state index contributed by atoms with van der Waals surface area (Å²) in [6.07, 6.45) is 0. The van der Waals surface area contributed by atoms with Crippen LogP contribution in [0.1, 0.15) is 16.4 Å². The highest BCUT2D eigenvalue weighted by molar-refractivity contribution is 7.99. The Morgan fingerprint density at radius 3 is 2.21 bits per heavy atom. The van der Waals surface area contributed by atoms with Gasteiger partial charge in [-0.15, -0.1) is 0 Å². The predicted octanol–water partition coefficient (Wildman–Crippen LogP) is 1.74. The van der Waals surface area contributed by atoms with E-state index in [-0.39, 0.29) is 5.25 Å². The predicted molar refractivity (Wildman–Crippen MR) is 79.7 cm³/mol. The third-order valence-corrected chi connectivity index (χ3v) is 3.80. The Bertz CT molecular complexity index is 535. The molecule has 1 heterocycles. The number of nitrogens with two attached hydrogens (primary N) is 3. The number of nitrogens with zero attached hydrogens (tertiary/aromatic N) is 2. The van der Waals surface area contributed by atoms with Gasteiger partial charge in [-0.1, -0.05) is 41.6 Å². The van der Waals surface area contributed by atoms with Gasteiger partial charge in [0, 0.05) is 17.9 Å². The van der Waals surface area contributed by atoms with Gasteiger partial charge in [0.25, 0.3) is 0 Å². The molecule has 2 rings (SSSR count). The first-order chi connectivity index (χ1) is 9.08. The van der Waals surface area contributed by atoms with Crippen LogP contribution in [0.15, 0.2) is 35.5 Å². The average Bonchev–Trinajstić information content (AvgIpc) is 2.36. The molecule has 0 saturated carbocycles. The summed E-state index contributed by atoms with van der Waals surface area (Å²) in [4.78, 5) is 8.32. The Morgan fingerprint density at radius 1 is 1.11 bits per heavy atom. The molecule has 0 bridgehead atoms. The fourth-order valence-corrected chi connectivity index (χ4v) is 2.64. The van der Waals surface area contributed by atoms with Gasteiger partial charge in [-0.3, -0.25) is 0 Å². The molecule has 19 heavy (non-hydrogen) atoms. The maximum atomic E-state index is 5.83. The maximum absolute atomic E-state index is 5.83. The topological polar surface area (TPSA) is 104 Å². The molecule has 1 aromatic heterocycles. The molecule has 0 aliphatic carbocycles. The van der Waals surface area contributed by atoms with Crippen LogP contribution in [0.4, 0.5) is 11.6 Å². The molecule has 0 radical (unpaired) electrons. The fourth-order valence-electron chi connectivity index (χ4n) is 1.68. The minimum atomic E-state index is 0.0850. The van der Waals surface area contributed by atoms with E-state index in [9.17, 15) is 0 Å². The van der Waals surface area contributed by atoms with E-state index in [1.54, 1.807) is 0 Å². The van der Waals surface area contributed by atoms with Crippen molar-refractivity contribution in [3.8, 4) is 0 Å². The van der Waals surface area contributed by atoms with Gasteiger partial charge in [-0.25, -0.2) is 9.97 Å². The third-order valence-electron chi connectivity index (χ3n) is 2.66. The summed E-state index contributed by atoms with van der Waals surface area (Å²) in [5.41, 5.74) is 19.5. The Kier molecular flexibility index (Phi) is 4.24. The van der Waals surface area contributed by atoms with E-state index in [1.807, 2.05) is 0 Å². The first kappa shape index (κ1) is 13.6. The number of anilines is 2. The zero-order valence-corrected chi connectivity index (χ0v) is 11.5. The molecule has 1 atom stereocenters. The van der Waals surface area contributed by atoms with E-state index < -0.39 is 0 Å². The number of hydrogen-bond acceptors (Lipinski definition) is 6. The summed E-state index contributed by atoms with van der Waals surface area (Å²) in [6.45, 7) is 2.54. The van der Waals surface area contributed by atoms with E-state index in [0.717, 1.165) is 5.56 Å². The van der Waals surface area contributed by atoms with Crippen LogP contribution in [-0.4, -0.2) is 16.5 Å². The van der Waals surface area contributed by atoms with Gasteiger partial charge in [-0.05, 0) is 12.5 Å². The average molecular weight is 275 g/mol. The van der Waals surface area contributed by atoms with Crippen molar-refractivity contribution in [2.75, 3.05) is 18.0 Å². The SMILES string of the molecule is Cc1ccc(C(CN)Sc2nc(N)cc(N)n2)cc1. The van der Waals surface area contributed by atoms with E-state index >= 15 is 0 Å². The largest absolute Gasteiger partial charge is 0.383 e. The lowest BCUT2D eigenvalue weighted by atomic mass is 10.1. The molecule has 0 saturated heterocycles. The van der Waals surface area contributed by atoms with Gasteiger partial charge < -0.3 is 17.2 Å². The lowest BCUT2D eigenvalue weighted by Gasteiger charge is -2.14. The number of aromatic nitrogens is 2. The lowest BCUT2D eigenvalue weighted by molar-refractivity contribution is 0.914. The van der Waals surface area contributed by atoms with E-state index in [1.165, 1.54) is 23.4 Å². The molecule has 6 N–H and O–H groups in total. The number of nitrogen functional groups attached to an aromatic ring is 2. The van der Waals surface area contributed by atoms with Crippen molar-refractivity contribution in [3.05, 3.63) is 41.5 Å². The van der Waals surface area contributed by atoms with E-state index in [0.29, 0.717) is 23.3 Å². The van der Waals surface area contributed by atoms with Gasteiger partial charge in [0.1, 0.15) is 11.6 Å². The highest BCUT2D eigenvalue weighted by Crippen LogP contribution is 2.33. The fraction of sp³-hybridized carbons (Fsp3) is 0.231. The summed E-state index contributed by atoms with van der Waals surface area (Å²) in [5.74, 6) is 0.740. The zero-order valence-electron chi connectivity index (χ0n) is 10.7. The van der Waals surface area contributed by atoms with Crippen LogP contribution in [0.3, 0.4) is 0 Å². The standard InChI is InChI=1S/C13H17N5S/c1-8-2-4-9(5-3-8)10(7-14)19-13-17-11(15)6-12(16)18-13/h2-6,10H,7,14H2,1H3,(H4,15,16,17,18). The second kappa shape index (κ2) is 5.90. The molecule has 0 aliphatic rings. The molecular weight excluding hydrogens is 258 g/mol. The molecule has 1 unspecified atom stereocenters. The van der Waals surface area contributed by atoms with Crippen molar-refractivity contribution in [1.29, 1.82) is 0 Å².